The standard InChI is InChI=1S/C28H28N6O2/c35-27(33-23-7-1-5-21(17-23)25-29-13-3-14-30-25)19-9-11-20(12-10-19)28(36)34-24-8-2-6-22(18-24)26-31-15-4-16-32-26/h1-2,5-12,17-18H,3-4,13-16H2,(H,29,30)(H,31,32)(H,33,35)(H,34,36). The molecule has 2 aliphatic heterocycles. The molecule has 36 heavy (non-hydrogen) atoms. The number of nitrogens with zero attached hydrogens (tertiary/aromatic N) is 2. The van der Waals surface area contributed by atoms with Crippen LogP contribution in [0.5, 0.6) is 0 Å². The van der Waals surface area contributed by atoms with Gasteiger partial charge < -0.3 is 21.3 Å². The molecular formula is C28H28N6O2. The number of benzene rings is 3. The molecule has 0 aromatic heterocycles. The molecule has 0 spiro atoms. The molecule has 0 unspecified atom stereocenters. The highest BCUT2D eigenvalue weighted by molar-refractivity contribution is 6.08. The summed E-state index contributed by atoms with van der Waals surface area (Å²) in [5.74, 6) is 1.21. The summed E-state index contributed by atoms with van der Waals surface area (Å²) in [6.07, 6.45) is 2.04. The van der Waals surface area contributed by atoms with Gasteiger partial charge in [0.05, 0.1) is 0 Å². The molecule has 0 saturated carbocycles. The van der Waals surface area contributed by atoms with Crippen molar-refractivity contribution in [2.24, 2.45) is 9.98 Å². The second-order valence-electron chi connectivity index (χ2n) is 8.67. The van der Waals surface area contributed by atoms with E-state index in [4.69, 9.17) is 0 Å². The summed E-state index contributed by atoms with van der Waals surface area (Å²) in [6, 6.07) is 21.8. The van der Waals surface area contributed by atoms with E-state index in [1.807, 2.05) is 48.5 Å². The van der Waals surface area contributed by atoms with Gasteiger partial charge in [0.1, 0.15) is 11.7 Å². The largest absolute Gasteiger partial charge is 0.370 e. The number of amides is 2. The molecule has 0 radical (unpaired) electrons. The summed E-state index contributed by atoms with van der Waals surface area (Å²) in [7, 11) is 0. The van der Waals surface area contributed by atoms with E-state index in [0.717, 1.165) is 61.8 Å². The average Bonchev–Trinajstić information content (AvgIpc) is 2.94. The monoisotopic (exact) mass is 480 g/mol. The Balaban J connectivity index is 1.22. The van der Waals surface area contributed by atoms with Crippen molar-refractivity contribution in [2.75, 3.05) is 36.8 Å². The molecule has 2 aliphatic rings. The van der Waals surface area contributed by atoms with Crippen molar-refractivity contribution in [2.45, 2.75) is 12.8 Å². The lowest BCUT2D eigenvalue weighted by atomic mass is 10.1. The minimum Gasteiger partial charge on any atom is -0.370 e. The zero-order chi connectivity index (χ0) is 24.7. The molecule has 8 nitrogen and oxygen atoms in total. The number of amidine groups is 2. The number of anilines is 2. The molecule has 0 bridgehead atoms. The van der Waals surface area contributed by atoms with Crippen LogP contribution in [-0.2, 0) is 0 Å². The van der Waals surface area contributed by atoms with E-state index in [1.165, 1.54) is 0 Å². The van der Waals surface area contributed by atoms with Crippen LogP contribution in [0.2, 0.25) is 0 Å². The zero-order valence-corrected chi connectivity index (χ0v) is 19.9. The lowest BCUT2D eigenvalue weighted by Gasteiger charge is -2.15. The van der Waals surface area contributed by atoms with Crippen molar-refractivity contribution in [1.82, 2.24) is 10.6 Å². The molecule has 0 atom stereocenters. The van der Waals surface area contributed by atoms with Crippen LogP contribution < -0.4 is 21.3 Å². The summed E-state index contributed by atoms with van der Waals surface area (Å²) in [4.78, 5) is 34.6. The Morgan fingerprint density at radius 3 is 1.47 bits per heavy atom. The van der Waals surface area contributed by atoms with E-state index in [0.29, 0.717) is 22.5 Å². The van der Waals surface area contributed by atoms with Gasteiger partial charge in [-0.1, -0.05) is 24.3 Å². The molecule has 182 valence electrons. The van der Waals surface area contributed by atoms with Crippen LogP contribution in [0.1, 0.15) is 44.7 Å². The number of rotatable bonds is 6. The highest BCUT2D eigenvalue weighted by Gasteiger charge is 2.13. The van der Waals surface area contributed by atoms with Gasteiger partial charge in [0.15, 0.2) is 0 Å². The quantitative estimate of drug-likeness (QED) is 0.432. The molecule has 2 amide bonds. The fourth-order valence-corrected chi connectivity index (χ4v) is 4.12. The molecule has 4 N–H and O–H groups in total. The molecule has 0 fully saturated rings. The Morgan fingerprint density at radius 2 is 1.08 bits per heavy atom. The highest BCUT2D eigenvalue weighted by atomic mass is 16.2. The van der Waals surface area contributed by atoms with E-state index in [-0.39, 0.29) is 11.8 Å². The minimum atomic E-state index is -0.244. The predicted molar refractivity (Wildman–Crippen MR) is 143 cm³/mol. The number of nitrogens with one attached hydrogen (secondary N) is 4. The van der Waals surface area contributed by atoms with Gasteiger partial charge in [-0.3, -0.25) is 19.6 Å². The Bertz CT molecular complexity index is 1230. The van der Waals surface area contributed by atoms with Gasteiger partial charge in [0.25, 0.3) is 11.8 Å². The van der Waals surface area contributed by atoms with Crippen LogP contribution in [0.25, 0.3) is 0 Å². The number of aliphatic imine (C=N–C) groups is 2. The topological polar surface area (TPSA) is 107 Å². The van der Waals surface area contributed by atoms with Gasteiger partial charge in [0.2, 0.25) is 0 Å². The summed E-state index contributed by atoms with van der Waals surface area (Å²) >= 11 is 0. The van der Waals surface area contributed by atoms with Crippen molar-refractivity contribution in [1.29, 1.82) is 0 Å². The van der Waals surface area contributed by atoms with E-state index in [1.54, 1.807) is 24.3 Å². The lowest BCUT2D eigenvalue weighted by molar-refractivity contribution is 0.101. The Morgan fingerprint density at radius 1 is 0.639 bits per heavy atom. The molecule has 2 heterocycles. The first-order valence-corrected chi connectivity index (χ1v) is 12.2. The lowest BCUT2D eigenvalue weighted by Crippen LogP contribution is -2.30. The number of carbonyl (C=O) groups excluding carboxylic acids is 2. The number of carbonyl (C=O) groups is 2. The van der Waals surface area contributed by atoms with Crippen molar-refractivity contribution >= 4 is 34.9 Å². The summed E-state index contributed by atoms with van der Waals surface area (Å²) in [5, 5.41) is 12.4. The Kier molecular flexibility index (Phi) is 7.02. The fraction of sp³-hybridized carbons (Fsp3) is 0.214. The second kappa shape index (κ2) is 10.9. The van der Waals surface area contributed by atoms with Crippen LogP contribution in [0, 0.1) is 0 Å². The average molecular weight is 481 g/mol. The van der Waals surface area contributed by atoms with Crippen LogP contribution in [-0.4, -0.2) is 49.7 Å². The van der Waals surface area contributed by atoms with Crippen LogP contribution in [0.4, 0.5) is 11.4 Å². The van der Waals surface area contributed by atoms with Crippen LogP contribution in [0.3, 0.4) is 0 Å². The SMILES string of the molecule is O=C(Nc1cccc(C2=NCCCN2)c1)c1ccc(C(=O)Nc2cccc(C3=NCCCN3)c2)cc1. The van der Waals surface area contributed by atoms with E-state index in [2.05, 4.69) is 31.3 Å². The zero-order valence-electron chi connectivity index (χ0n) is 19.9. The van der Waals surface area contributed by atoms with Gasteiger partial charge in [-0.25, -0.2) is 0 Å². The van der Waals surface area contributed by atoms with Crippen molar-refractivity contribution in [3.8, 4) is 0 Å². The molecular weight excluding hydrogens is 452 g/mol. The van der Waals surface area contributed by atoms with Gasteiger partial charge in [-0.2, -0.15) is 0 Å². The molecule has 3 aromatic rings. The van der Waals surface area contributed by atoms with Gasteiger partial charge in [0, 0.05) is 59.8 Å². The molecule has 0 saturated heterocycles. The number of hydrogen-bond donors (Lipinski definition) is 4. The normalized spacial score (nSPS) is 15.0. The molecule has 3 aromatic carbocycles. The van der Waals surface area contributed by atoms with Gasteiger partial charge in [-0.15, -0.1) is 0 Å². The van der Waals surface area contributed by atoms with Crippen molar-refractivity contribution < 1.29 is 9.59 Å². The van der Waals surface area contributed by atoms with E-state index >= 15 is 0 Å². The molecule has 8 heteroatoms. The highest BCUT2D eigenvalue weighted by Crippen LogP contribution is 2.16. The smallest absolute Gasteiger partial charge is 0.255 e. The van der Waals surface area contributed by atoms with Crippen LogP contribution in [0.15, 0.2) is 82.8 Å². The third kappa shape index (κ3) is 5.60. The summed E-state index contributed by atoms with van der Waals surface area (Å²) in [5.41, 5.74) is 4.18. The van der Waals surface area contributed by atoms with Crippen LogP contribution >= 0.6 is 0 Å². The van der Waals surface area contributed by atoms with E-state index in [9.17, 15) is 9.59 Å². The summed E-state index contributed by atoms with van der Waals surface area (Å²) in [6.45, 7) is 3.40. The Hall–Kier alpha value is -4.46. The maximum Gasteiger partial charge on any atom is 0.255 e. The predicted octanol–water partition coefficient (Wildman–Crippen LogP) is 3.67. The van der Waals surface area contributed by atoms with Crippen molar-refractivity contribution in [3.05, 3.63) is 95.1 Å². The van der Waals surface area contributed by atoms with E-state index < -0.39 is 0 Å². The first-order chi connectivity index (χ1) is 17.7. The first-order valence-electron chi connectivity index (χ1n) is 12.2. The summed E-state index contributed by atoms with van der Waals surface area (Å²) < 4.78 is 0. The first kappa shape index (κ1) is 23.3. The minimum absolute atomic E-state index is 0.244. The second-order valence-corrected chi connectivity index (χ2v) is 8.67. The number of hydrogen-bond acceptors (Lipinski definition) is 6. The third-order valence-corrected chi connectivity index (χ3v) is 5.99. The van der Waals surface area contributed by atoms with Crippen molar-refractivity contribution in [3.63, 3.8) is 0 Å². The molecule has 5 rings (SSSR count). The molecule has 0 aliphatic carbocycles. The Labute approximate surface area is 209 Å². The fourth-order valence-electron chi connectivity index (χ4n) is 4.12. The van der Waals surface area contributed by atoms with Gasteiger partial charge in [-0.05, 0) is 61.4 Å². The van der Waals surface area contributed by atoms with Gasteiger partial charge >= 0.3 is 0 Å². The third-order valence-electron chi connectivity index (χ3n) is 5.99. The maximum atomic E-state index is 12.8. The maximum absolute atomic E-state index is 12.8.